The van der Waals surface area contributed by atoms with E-state index in [-0.39, 0.29) is 11.9 Å². The predicted molar refractivity (Wildman–Crippen MR) is 111 cm³/mol. The summed E-state index contributed by atoms with van der Waals surface area (Å²) in [5, 5.41) is 7.95. The average molecular weight is 395 g/mol. The summed E-state index contributed by atoms with van der Waals surface area (Å²) in [6.45, 7) is 4.52. The second-order valence-electron chi connectivity index (χ2n) is 7.18. The lowest BCUT2D eigenvalue weighted by Crippen LogP contribution is -2.37. The highest BCUT2D eigenvalue weighted by Gasteiger charge is 2.27. The Labute approximate surface area is 169 Å². The Bertz CT molecular complexity index is 955. The van der Waals surface area contributed by atoms with Gasteiger partial charge in [0.1, 0.15) is 5.15 Å². The van der Waals surface area contributed by atoms with Gasteiger partial charge in [0.15, 0.2) is 0 Å². The number of likely N-dealkylation sites (tertiary alicyclic amines) is 1. The van der Waals surface area contributed by atoms with Crippen LogP contribution in [-0.4, -0.2) is 39.7 Å². The molecule has 0 radical (unpaired) electrons. The molecule has 0 bridgehead atoms. The zero-order chi connectivity index (χ0) is 19.5. The van der Waals surface area contributed by atoms with Gasteiger partial charge in [0, 0.05) is 25.7 Å². The minimum absolute atomic E-state index is 0.117. The fraction of sp³-hybridized carbons (Fsp3) is 0.273. The Hall–Kier alpha value is -2.63. The van der Waals surface area contributed by atoms with Gasteiger partial charge in [0.05, 0.1) is 16.9 Å². The first-order chi connectivity index (χ1) is 13.6. The number of hydrogen-bond donors (Lipinski definition) is 1. The summed E-state index contributed by atoms with van der Waals surface area (Å²) < 4.78 is 1.61. The van der Waals surface area contributed by atoms with Gasteiger partial charge in [-0.2, -0.15) is 5.10 Å². The Morgan fingerprint density at radius 2 is 1.82 bits per heavy atom. The van der Waals surface area contributed by atoms with Gasteiger partial charge < -0.3 is 5.32 Å². The topological polar surface area (TPSA) is 50.2 Å². The molecule has 4 rings (SSSR count). The lowest BCUT2D eigenvalue weighted by molar-refractivity contribution is 0.0937. The SMILES string of the molecule is Cc1nn(-c2ccccc2)c(Cl)c1C(=O)N[C@H]1CCN(Cc2ccccc2)C1. The van der Waals surface area contributed by atoms with E-state index in [1.165, 1.54) is 5.56 Å². The number of rotatable bonds is 5. The summed E-state index contributed by atoms with van der Waals surface area (Å²) in [4.78, 5) is 15.2. The molecular formula is C22H23ClN4O. The first kappa shape index (κ1) is 18.7. The van der Waals surface area contributed by atoms with Crippen molar-refractivity contribution in [3.05, 3.63) is 82.6 Å². The highest BCUT2D eigenvalue weighted by Crippen LogP contribution is 2.24. The van der Waals surface area contributed by atoms with Gasteiger partial charge in [-0.25, -0.2) is 4.68 Å². The molecule has 2 heterocycles. The van der Waals surface area contributed by atoms with Gasteiger partial charge in [-0.3, -0.25) is 9.69 Å². The molecule has 5 nitrogen and oxygen atoms in total. The molecule has 1 atom stereocenters. The molecule has 0 saturated carbocycles. The number of carbonyl (C=O) groups excluding carboxylic acids is 1. The van der Waals surface area contributed by atoms with E-state index in [9.17, 15) is 4.79 Å². The van der Waals surface area contributed by atoms with Crippen LogP contribution < -0.4 is 5.32 Å². The van der Waals surface area contributed by atoms with Crippen LogP contribution in [-0.2, 0) is 6.54 Å². The maximum Gasteiger partial charge on any atom is 0.256 e. The standard InChI is InChI=1S/C22H23ClN4O/c1-16-20(21(23)27(25-16)19-10-6-3-7-11-19)22(28)24-18-12-13-26(15-18)14-17-8-4-2-5-9-17/h2-11,18H,12-15H2,1H3,(H,24,28)/t18-/m0/s1. The maximum absolute atomic E-state index is 12.9. The molecule has 1 N–H and O–H groups in total. The molecule has 1 saturated heterocycles. The van der Waals surface area contributed by atoms with Crippen molar-refractivity contribution in [1.29, 1.82) is 0 Å². The van der Waals surface area contributed by atoms with Crippen molar-refractivity contribution in [1.82, 2.24) is 20.0 Å². The molecule has 0 spiro atoms. The molecule has 1 amide bonds. The van der Waals surface area contributed by atoms with Crippen LogP contribution in [0.15, 0.2) is 60.7 Å². The Morgan fingerprint density at radius 1 is 1.14 bits per heavy atom. The van der Waals surface area contributed by atoms with Crippen molar-refractivity contribution in [2.45, 2.75) is 25.9 Å². The third kappa shape index (κ3) is 3.96. The summed E-state index contributed by atoms with van der Waals surface area (Å²) >= 11 is 6.51. The molecular weight excluding hydrogens is 372 g/mol. The average Bonchev–Trinajstić information content (AvgIpc) is 3.26. The first-order valence-corrected chi connectivity index (χ1v) is 9.87. The van der Waals surface area contributed by atoms with Gasteiger partial charge in [-0.05, 0) is 31.0 Å². The molecule has 0 unspecified atom stereocenters. The number of nitrogens with one attached hydrogen (secondary N) is 1. The van der Waals surface area contributed by atoms with Crippen LogP contribution in [0.2, 0.25) is 5.15 Å². The van der Waals surface area contributed by atoms with Crippen LogP contribution >= 0.6 is 11.6 Å². The summed E-state index contributed by atoms with van der Waals surface area (Å²) in [6.07, 6.45) is 0.933. The van der Waals surface area contributed by atoms with E-state index in [1.807, 2.05) is 43.3 Å². The third-order valence-electron chi connectivity index (χ3n) is 5.09. The van der Waals surface area contributed by atoms with Gasteiger partial charge in [-0.15, -0.1) is 0 Å². The number of aromatic nitrogens is 2. The molecule has 6 heteroatoms. The van der Waals surface area contributed by atoms with Crippen LogP contribution in [0.5, 0.6) is 0 Å². The van der Waals surface area contributed by atoms with Crippen LogP contribution in [0.3, 0.4) is 0 Å². The number of aryl methyl sites for hydroxylation is 1. The lowest BCUT2D eigenvalue weighted by Gasteiger charge is -2.16. The molecule has 1 aliphatic heterocycles. The van der Waals surface area contributed by atoms with Crippen molar-refractivity contribution >= 4 is 17.5 Å². The molecule has 3 aromatic rings. The van der Waals surface area contributed by atoms with Crippen LogP contribution in [0.4, 0.5) is 0 Å². The molecule has 2 aromatic carbocycles. The number of halogens is 1. The number of nitrogens with zero attached hydrogens (tertiary/aromatic N) is 3. The van der Waals surface area contributed by atoms with E-state index in [4.69, 9.17) is 11.6 Å². The lowest BCUT2D eigenvalue weighted by atomic mass is 10.2. The highest BCUT2D eigenvalue weighted by atomic mass is 35.5. The minimum atomic E-state index is -0.156. The number of benzene rings is 2. The normalized spacial score (nSPS) is 17.0. The van der Waals surface area contributed by atoms with Crippen molar-refractivity contribution in [3.63, 3.8) is 0 Å². The van der Waals surface area contributed by atoms with E-state index in [1.54, 1.807) is 4.68 Å². The third-order valence-corrected chi connectivity index (χ3v) is 5.44. The van der Waals surface area contributed by atoms with Gasteiger partial charge in [0.25, 0.3) is 5.91 Å². The molecule has 1 aromatic heterocycles. The number of hydrogen-bond acceptors (Lipinski definition) is 3. The van der Waals surface area contributed by atoms with Gasteiger partial charge in [-0.1, -0.05) is 60.1 Å². The van der Waals surface area contributed by atoms with Gasteiger partial charge >= 0.3 is 0 Å². The fourth-order valence-corrected chi connectivity index (χ4v) is 4.05. The monoisotopic (exact) mass is 394 g/mol. The van der Waals surface area contributed by atoms with Crippen LogP contribution in [0.1, 0.15) is 28.0 Å². The van der Waals surface area contributed by atoms with Crippen LogP contribution in [0, 0.1) is 6.92 Å². The van der Waals surface area contributed by atoms with E-state index < -0.39 is 0 Å². The van der Waals surface area contributed by atoms with E-state index >= 15 is 0 Å². The van der Waals surface area contributed by atoms with E-state index in [0.717, 1.165) is 31.7 Å². The number of carbonyl (C=O) groups is 1. The maximum atomic E-state index is 12.9. The van der Waals surface area contributed by atoms with E-state index in [2.05, 4.69) is 39.6 Å². The first-order valence-electron chi connectivity index (χ1n) is 9.49. The molecule has 144 valence electrons. The second kappa shape index (κ2) is 8.17. The summed E-state index contributed by atoms with van der Waals surface area (Å²) in [6, 6.07) is 20.1. The van der Waals surface area contributed by atoms with Crippen molar-refractivity contribution in [2.75, 3.05) is 13.1 Å². The van der Waals surface area contributed by atoms with E-state index in [0.29, 0.717) is 16.4 Å². The Balaban J connectivity index is 1.43. The molecule has 0 aliphatic carbocycles. The predicted octanol–water partition coefficient (Wildman–Crippen LogP) is 3.84. The quantitative estimate of drug-likeness (QED) is 0.715. The zero-order valence-electron chi connectivity index (χ0n) is 15.8. The Morgan fingerprint density at radius 3 is 2.54 bits per heavy atom. The number of para-hydroxylation sites is 1. The smallest absolute Gasteiger partial charge is 0.256 e. The molecule has 1 aliphatic rings. The second-order valence-corrected chi connectivity index (χ2v) is 7.54. The molecule has 28 heavy (non-hydrogen) atoms. The zero-order valence-corrected chi connectivity index (χ0v) is 16.6. The summed E-state index contributed by atoms with van der Waals surface area (Å²) in [5.74, 6) is -0.156. The van der Waals surface area contributed by atoms with Crippen molar-refractivity contribution < 1.29 is 4.79 Å². The highest BCUT2D eigenvalue weighted by molar-refractivity contribution is 6.33. The summed E-state index contributed by atoms with van der Waals surface area (Å²) in [7, 11) is 0. The minimum Gasteiger partial charge on any atom is -0.348 e. The largest absolute Gasteiger partial charge is 0.348 e. The van der Waals surface area contributed by atoms with Crippen molar-refractivity contribution in [2.24, 2.45) is 0 Å². The van der Waals surface area contributed by atoms with Crippen LogP contribution in [0.25, 0.3) is 5.69 Å². The fourth-order valence-electron chi connectivity index (χ4n) is 3.69. The molecule has 1 fully saturated rings. The number of amides is 1. The Kier molecular flexibility index (Phi) is 5.46. The van der Waals surface area contributed by atoms with Gasteiger partial charge in [0.2, 0.25) is 0 Å². The summed E-state index contributed by atoms with van der Waals surface area (Å²) in [5.41, 5.74) is 3.21. The van der Waals surface area contributed by atoms with Crippen molar-refractivity contribution in [3.8, 4) is 5.69 Å².